The lowest BCUT2D eigenvalue weighted by Crippen LogP contribution is -2.45. The van der Waals surface area contributed by atoms with Gasteiger partial charge in [0, 0.05) is 6.42 Å². The summed E-state index contributed by atoms with van der Waals surface area (Å²) in [5.41, 5.74) is 0. The van der Waals surface area contributed by atoms with Gasteiger partial charge < -0.3 is 28.8 Å². The fraction of sp³-hybridized carbons (Fsp3) is 0.884. The molecule has 0 radical (unpaired) electrons. The number of quaternary nitrogens is 1. The molecular formula is C43H85N2O6P. The first-order valence-corrected chi connectivity index (χ1v) is 23.2. The maximum atomic E-state index is 12.8. The molecule has 0 aromatic rings. The molecule has 0 heterocycles. The molecule has 2 N–H and O–H groups in total. The number of aliphatic hydroxyl groups excluding tert-OH is 1. The zero-order valence-corrected chi connectivity index (χ0v) is 35.7. The van der Waals surface area contributed by atoms with Crippen molar-refractivity contribution in [1.29, 1.82) is 0 Å². The second kappa shape index (κ2) is 35.7. The Morgan fingerprint density at radius 3 is 1.56 bits per heavy atom. The quantitative estimate of drug-likeness (QED) is 0.0280. The van der Waals surface area contributed by atoms with Crippen LogP contribution in [0, 0.1) is 0 Å². The molecular weight excluding hydrogens is 671 g/mol. The highest BCUT2D eigenvalue weighted by atomic mass is 31.2. The average molecular weight is 757 g/mol. The van der Waals surface area contributed by atoms with Crippen LogP contribution in [0.1, 0.15) is 194 Å². The fourth-order valence-corrected chi connectivity index (χ4v) is 6.89. The van der Waals surface area contributed by atoms with Crippen molar-refractivity contribution in [1.82, 2.24) is 5.32 Å². The predicted octanol–water partition coefficient (Wildman–Crippen LogP) is 11.1. The second-order valence-corrected chi connectivity index (χ2v) is 17.5. The van der Waals surface area contributed by atoms with E-state index in [9.17, 15) is 19.4 Å². The molecule has 0 aromatic carbocycles. The van der Waals surface area contributed by atoms with Crippen LogP contribution in [0.4, 0.5) is 0 Å². The molecule has 1 amide bonds. The van der Waals surface area contributed by atoms with Crippen LogP contribution in [0.3, 0.4) is 0 Å². The molecule has 0 rings (SSSR count). The van der Waals surface area contributed by atoms with E-state index in [0.29, 0.717) is 17.4 Å². The van der Waals surface area contributed by atoms with E-state index in [2.05, 4.69) is 31.3 Å². The summed E-state index contributed by atoms with van der Waals surface area (Å²) >= 11 is 0. The number of unbranched alkanes of at least 4 members (excludes halogenated alkanes) is 24. The first kappa shape index (κ1) is 51.0. The minimum absolute atomic E-state index is 0.00455. The van der Waals surface area contributed by atoms with Crippen molar-refractivity contribution in [2.24, 2.45) is 0 Å². The van der Waals surface area contributed by atoms with Gasteiger partial charge in [0.1, 0.15) is 13.2 Å². The number of rotatable bonds is 39. The molecule has 0 bridgehead atoms. The van der Waals surface area contributed by atoms with Crippen LogP contribution in [0.25, 0.3) is 0 Å². The van der Waals surface area contributed by atoms with Crippen LogP contribution in [0.2, 0.25) is 0 Å². The molecule has 0 saturated carbocycles. The molecule has 3 unspecified atom stereocenters. The molecule has 8 nitrogen and oxygen atoms in total. The number of aliphatic hydroxyl groups is 1. The third-order valence-corrected chi connectivity index (χ3v) is 10.6. The van der Waals surface area contributed by atoms with E-state index in [4.69, 9.17) is 9.05 Å². The van der Waals surface area contributed by atoms with Gasteiger partial charge in [-0.05, 0) is 32.1 Å². The number of hydrogen-bond acceptors (Lipinski definition) is 6. The molecule has 0 aliphatic carbocycles. The van der Waals surface area contributed by atoms with Crippen LogP contribution in [-0.4, -0.2) is 68.5 Å². The lowest BCUT2D eigenvalue weighted by atomic mass is 10.0. The molecule has 0 saturated heterocycles. The van der Waals surface area contributed by atoms with E-state index in [1.54, 1.807) is 6.08 Å². The average Bonchev–Trinajstić information content (AvgIpc) is 3.09. The molecule has 0 aliphatic rings. The highest BCUT2D eigenvalue weighted by Crippen LogP contribution is 2.38. The van der Waals surface area contributed by atoms with Gasteiger partial charge >= 0.3 is 0 Å². The van der Waals surface area contributed by atoms with Gasteiger partial charge in [-0.15, -0.1) is 0 Å². The zero-order valence-electron chi connectivity index (χ0n) is 34.8. The molecule has 9 heteroatoms. The molecule has 0 aromatic heterocycles. The van der Waals surface area contributed by atoms with Crippen LogP contribution in [0.5, 0.6) is 0 Å². The van der Waals surface area contributed by atoms with E-state index in [1.807, 2.05) is 27.2 Å². The summed E-state index contributed by atoms with van der Waals surface area (Å²) in [5.74, 6) is -0.210. The largest absolute Gasteiger partial charge is 0.756 e. The number of carbonyl (C=O) groups excluding carboxylic acids is 1. The van der Waals surface area contributed by atoms with E-state index >= 15 is 0 Å². The summed E-state index contributed by atoms with van der Waals surface area (Å²) in [5, 5.41) is 13.7. The summed E-state index contributed by atoms with van der Waals surface area (Å²) in [7, 11) is 1.25. The maximum absolute atomic E-state index is 12.8. The summed E-state index contributed by atoms with van der Waals surface area (Å²) < 4.78 is 23.1. The Hall–Kier alpha value is -1.02. The van der Waals surface area contributed by atoms with Gasteiger partial charge in [0.2, 0.25) is 5.91 Å². The molecule has 308 valence electrons. The molecule has 0 spiro atoms. The van der Waals surface area contributed by atoms with E-state index < -0.39 is 20.0 Å². The van der Waals surface area contributed by atoms with Crippen molar-refractivity contribution in [3.8, 4) is 0 Å². The van der Waals surface area contributed by atoms with Crippen LogP contribution in [0.15, 0.2) is 24.3 Å². The number of hydrogen-bond donors (Lipinski definition) is 2. The van der Waals surface area contributed by atoms with Crippen molar-refractivity contribution < 1.29 is 32.9 Å². The normalized spacial score (nSPS) is 14.7. The minimum atomic E-state index is -4.59. The van der Waals surface area contributed by atoms with Gasteiger partial charge in [-0.25, -0.2) is 0 Å². The number of nitrogens with one attached hydrogen (secondary N) is 1. The van der Waals surface area contributed by atoms with E-state index in [1.165, 1.54) is 135 Å². The van der Waals surface area contributed by atoms with Crippen LogP contribution in [-0.2, 0) is 18.4 Å². The Morgan fingerprint density at radius 1 is 0.654 bits per heavy atom. The Kier molecular flexibility index (Phi) is 35.0. The predicted molar refractivity (Wildman–Crippen MR) is 219 cm³/mol. The lowest BCUT2D eigenvalue weighted by molar-refractivity contribution is -0.870. The molecule has 3 atom stereocenters. The molecule has 0 fully saturated rings. The molecule has 52 heavy (non-hydrogen) atoms. The monoisotopic (exact) mass is 757 g/mol. The first-order valence-electron chi connectivity index (χ1n) is 21.7. The van der Waals surface area contributed by atoms with Crippen molar-refractivity contribution in [2.75, 3.05) is 40.9 Å². The SMILES string of the molecule is CCCCCCCCCCCCCCCC/C=C/CC/C=C/C(O)C(COP(=O)([O-])OCC[N+](C)(C)C)NC(=O)CCCCCCCCCCCC. The highest BCUT2D eigenvalue weighted by Gasteiger charge is 2.23. The Balaban J connectivity index is 4.42. The third kappa shape index (κ3) is 37.3. The summed E-state index contributed by atoms with van der Waals surface area (Å²) in [4.78, 5) is 25.2. The fourth-order valence-electron chi connectivity index (χ4n) is 6.17. The lowest BCUT2D eigenvalue weighted by Gasteiger charge is -2.29. The van der Waals surface area contributed by atoms with Gasteiger partial charge in [0.05, 0.1) is 39.9 Å². The van der Waals surface area contributed by atoms with Gasteiger partial charge in [-0.1, -0.05) is 179 Å². The van der Waals surface area contributed by atoms with Crippen LogP contribution >= 0.6 is 7.82 Å². The first-order chi connectivity index (χ1) is 25.0. The van der Waals surface area contributed by atoms with Crippen molar-refractivity contribution in [2.45, 2.75) is 206 Å². The zero-order chi connectivity index (χ0) is 38.6. The number of allylic oxidation sites excluding steroid dienone is 3. The number of nitrogens with zero attached hydrogens (tertiary/aromatic N) is 1. The van der Waals surface area contributed by atoms with Gasteiger partial charge in [-0.2, -0.15) is 0 Å². The van der Waals surface area contributed by atoms with Crippen molar-refractivity contribution in [3.05, 3.63) is 24.3 Å². The highest BCUT2D eigenvalue weighted by molar-refractivity contribution is 7.45. The second-order valence-electron chi connectivity index (χ2n) is 16.0. The van der Waals surface area contributed by atoms with Gasteiger partial charge in [-0.3, -0.25) is 9.36 Å². The van der Waals surface area contributed by atoms with E-state index in [0.717, 1.165) is 38.5 Å². The summed E-state index contributed by atoms with van der Waals surface area (Å²) in [6.07, 6.45) is 40.9. The van der Waals surface area contributed by atoms with Crippen molar-refractivity contribution in [3.63, 3.8) is 0 Å². The number of phosphoric acid groups is 1. The number of carbonyl (C=O) groups is 1. The van der Waals surface area contributed by atoms with Gasteiger partial charge in [0.25, 0.3) is 7.82 Å². The number of likely N-dealkylation sites (N-methyl/N-ethyl adjacent to an activating group) is 1. The topological polar surface area (TPSA) is 108 Å². The van der Waals surface area contributed by atoms with Gasteiger partial charge in [0.15, 0.2) is 0 Å². The molecule has 0 aliphatic heterocycles. The summed E-state index contributed by atoms with van der Waals surface area (Å²) in [6, 6.07) is -0.896. The van der Waals surface area contributed by atoms with Crippen molar-refractivity contribution >= 4 is 13.7 Å². The Bertz CT molecular complexity index is 907. The third-order valence-electron chi connectivity index (χ3n) is 9.66. The standard InChI is InChI=1S/C43H85N2O6P/c1-6-8-10-12-14-16-18-19-20-21-22-23-24-25-26-27-28-30-32-34-36-42(46)41(40-51-52(48,49)50-39-38-45(3,4)5)44-43(47)37-35-33-31-29-17-15-13-11-9-7-2/h27-28,34,36,41-42,46H,6-26,29-33,35,37-40H2,1-5H3,(H-,44,47,48,49)/b28-27+,36-34+. The Morgan fingerprint density at radius 2 is 1.08 bits per heavy atom. The number of phosphoric ester groups is 1. The maximum Gasteiger partial charge on any atom is 0.268 e. The van der Waals surface area contributed by atoms with E-state index in [-0.39, 0.29) is 19.1 Å². The minimum Gasteiger partial charge on any atom is -0.756 e. The van der Waals surface area contributed by atoms with Crippen LogP contribution < -0.4 is 10.2 Å². The number of amides is 1. The Labute approximate surface area is 322 Å². The summed E-state index contributed by atoms with van der Waals surface area (Å²) in [6.45, 7) is 4.61. The smallest absolute Gasteiger partial charge is 0.268 e.